The fourth-order valence-electron chi connectivity index (χ4n) is 2.72. The first-order valence-corrected chi connectivity index (χ1v) is 5.56. The molecule has 1 heterocycles. The van der Waals surface area contributed by atoms with E-state index in [1.54, 1.807) is 20.8 Å². The molecule has 0 saturated carbocycles. The highest BCUT2D eigenvalue weighted by molar-refractivity contribution is 5.73. The van der Waals surface area contributed by atoms with Crippen molar-refractivity contribution in [1.82, 2.24) is 0 Å². The van der Waals surface area contributed by atoms with Crippen molar-refractivity contribution >= 4 is 5.97 Å². The van der Waals surface area contributed by atoms with E-state index in [0.29, 0.717) is 6.42 Å². The Kier molecular flexibility index (Phi) is 3.12. The third-order valence-electron chi connectivity index (χ3n) is 3.54. The normalized spacial score (nSPS) is 33.4. The fraction of sp³-hybridized carbons (Fsp3) is 0.917. The highest BCUT2D eigenvalue weighted by Crippen LogP contribution is 2.48. The van der Waals surface area contributed by atoms with Crippen molar-refractivity contribution in [1.29, 1.82) is 0 Å². The molecule has 1 rings (SSSR count). The maximum Gasteiger partial charge on any atom is 0.311 e. The molecule has 2 atom stereocenters. The van der Waals surface area contributed by atoms with Crippen LogP contribution in [0.25, 0.3) is 0 Å². The Morgan fingerprint density at radius 3 is 2.19 bits per heavy atom. The minimum atomic E-state index is -1.19. The van der Waals surface area contributed by atoms with E-state index in [1.807, 2.05) is 13.8 Å². The number of carbonyl (C=O) groups excluding carboxylic acids is 1. The summed E-state index contributed by atoms with van der Waals surface area (Å²) < 4.78 is 10.5. The lowest BCUT2D eigenvalue weighted by molar-refractivity contribution is -0.173. The molecule has 1 fully saturated rings. The zero-order valence-electron chi connectivity index (χ0n) is 11.0. The average molecular weight is 230 g/mol. The molecule has 0 aromatic carbocycles. The summed E-state index contributed by atoms with van der Waals surface area (Å²) in [5.74, 6) is -1.01. The Morgan fingerprint density at radius 1 is 1.38 bits per heavy atom. The number of methoxy groups -OCH3 is 1. The molecule has 0 radical (unpaired) electrons. The molecule has 0 aromatic heterocycles. The van der Waals surface area contributed by atoms with Crippen LogP contribution in [0, 0.1) is 5.92 Å². The summed E-state index contributed by atoms with van der Waals surface area (Å²) in [7, 11) is 1.33. The van der Waals surface area contributed by atoms with Gasteiger partial charge in [0.15, 0.2) is 0 Å². The monoisotopic (exact) mass is 230 g/mol. The number of hydrogen-bond acceptors (Lipinski definition) is 4. The summed E-state index contributed by atoms with van der Waals surface area (Å²) in [6, 6.07) is 0. The molecule has 0 bridgehead atoms. The first-order valence-electron chi connectivity index (χ1n) is 5.56. The lowest BCUT2D eigenvalue weighted by Gasteiger charge is -2.38. The third-order valence-corrected chi connectivity index (χ3v) is 3.54. The molecule has 16 heavy (non-hydrogen) atoms. The van der Waals surface area contributed by atoms with Crippen molar-refractivity contribution in [3.8, 4) is 0 Å². The third kappa shape index (κ3) is 1.96. The van der Waals surface area contributed by atoms with Gasteiger partial charge in [0.2, 0.25) is 0 Å². The maximum absolute atomic E-state index is 11.6. The number of rotatable bonds is 2. The second-order valence-corrected chi connectivity index (χ2v) is 5.72. The van der Waals surface area contributed by atoms with Crippen LogP contribution in [0.15, 0.2) is 0 Å². The smallest absolute Gasteiger partial charge is 0.311 e. The van der Waals surface area contributed by atoms with Gasteiger partial charge in [-0.3, -0.25) is 4.79 Å². The van der Waals surface area contributed by atoms with Gasteiger partial charge in [-0.25, -0.2) is 0 Å². The van der Waals surface area contributed by atoms with Crippen LogP contribution in [-0.2, 0) is 14.3 Å². The minimum absolute atomic E-state index is 0.406. The van der Waals surface area contributed by atoms with Crippen molar-refractivity contribution in [3.63, 3.8) is 0 Å². The molecule has 1 saturated heterocycles. The SMILES string of the molecule is COC(=O)C(C)C1(O)CC(C)(C)OC1(C)C. The van der Waals surface area contributed by atoms with Crippen molar-refractivity contribution in [2.24, 2.45) is 5.92 Å². The Hall–Kier alpha value is -0.610. The van der Waals surface area contributed by atoms with Gasteiger partial charge in [-0.05, 0) is 34.6 Å². The van der Waals surface area contributed by atoms with Crippen LogP contribution < -0.4 is 0 Å². The summed E-state index contributed by atoms with van der Waals surface area (Å²) in [6.07, 6.45) is 0.420. The predicted octanol–water partition coefficient (Wildman–Crippen LogP) is 1.50. The molecule has 2 unspecified atom stereocenters. The van der Waals surface area contributed by atoms with E-state index in [-0.39, 0.29) is 0 Å². The lowest BCUT2D eigenvalue weighted by Crippen LogP contribution is -2.53. The van der Waals surface area contributed by atoms with Crippen molar-refractivity contribution in [3.05, 3.63) is 0 Å². The first-order chi connectivity index (χ1) is 7.06. The second kappa shape index (κ2) is 3.70. The highest BCUT2D eigenvalue weighted by atomic mass is 16.6. The molecule has 4 heteroatoms. The topological polar surface area (TPSA) is 55.8 Å². The van der Waals surface area contributed by atoms with E-state index < -0.39 is 28.7 Å². The summed E-state index contributed by atoms with van der Waals surface area (Å²) in [6.45, 7) is 9.12. The van der Waals surface area contributed by atoms with Crippen LogP contribution in [0.2, 0.25) is 0 Å². The van der Waals surface area contributed by atoms with E-state index in [4.69, 9.17) is 9.47 Å². The molecule has 0 amide bonds. The van der Waals surface area contributed by atoms with Crippen LogP contribution in [0.5, 0.6) is 0 Å². The van der Waals surface area contributed by atoms with Gasteiger partial charge in [0.1, 0.15) is 5.60 Å². The predicted molar refractivity (Wildman–Crippen MR) is 60.0 cm³/mol. The standard InChI is InChI=1S/C12H22O4/c1-8(9(13)15-6)12(14)7-10(2,3)16-11(12,4)5/h8,14H,7H2,1-6H3. The van der Waals surface area contributed by atoms with Gasteiger partial charge in [-0.1, -0.05) is 0 Å². The van der Waals surface area contributed by atoms with Crippen LogP contribution >= 0.6 is 0 Å². The van der Waals surface area contributed by atoms with Crippen molar-refractivity contribution in [2.75, 3.05) is 7.11 Å². The molecular weight excluding hydrogens is 208 g/mol. The van der Waals surface area contributed by atoms with Crippen LogP contribution in [0.4, 0.5) is 0 Å². The van der Waals surface area contributed by atoms with Crippen molar-refractivity contribution in [2.45, 2.75) is 57.8 Å². The van der Waals surface area contributed by atoms with Gasteiger partial charge < -0.3 is 14.6 Å². The molecular formula is C12H22O4. The van der Waals surface area contributed by atoms with E-state index >= 15 is 0 Å². The van der Waals surface area contributed by atoms with Crippen molar-refractivity contribution < 1.29 is 19.4 Å². The molecule has 94 valence electrons. The van der Waals surface area contributed by atoms with E-state index in [0.717, 1.165) is 0 Å². The Balaban J connectivity index is 3.05. The summed E-state index contributed by atoms with van der Waals surface area (Å²) in [5, 5.41) is 10.7. The number of ether oxygens (including phenoxy) is 2. The van der Waals surface area contributed by atoms with E-state index in [1.165, 1.54) is 7.11 Å². The summed E-state index contributed by atoms with van der Waals surface area (Å²) in [4.78, 5) is 11.6. The zero-order chi connectivity index (χ0) is 12.8. The Morgan fingerprint density at radius 2 is 1.88 bits per heavy atom. The maximum atomic E-state index is 11.6. The molecule has 4 nitrogen and oxygen atoms in total. The van der Waals surface area contributed by atoms with Gasteiger partial charge in [0.25, 0.3) is 0 Å². The number of aliphatic hydroxyl groups is 1. The quantitative estimate of drug-likeness (QED) is 0.730. The zero-order valence-corrected chi connectivity index (χ0v) is 11.0. The summed E-state index contributed by atoms with van der Waals surface area (Å²) >= 11 is 0. The number of hydrogen-bond donors (Lipinski definition) is 1. The first kappa shape index (κ1) is 13.5. The molecule has 1 N–H and O–H groups in total. The molecule has 1 aliphatic rings. The number of esters is 1. The van der Waals surface area contributed by atoms with Crippen LogP contribution in [0.1, 0.15) is 41.0 Å². The van der Waals surface area contributed by atoms with Gasteiger partial charge in [-0.15, -0.1) is 0 Å². The van der Waals surface area contributed by atoms with Crippen LogP contribution in [-0.4, -0.2) is 35.0 Å². The molecule has 0 spiro atoms. The van der Waals surface area contributed by atoms with E-state index in [9.17, 15) is 9.90 Å². The second-order valence-electron chi connectivity index (χ2n) is 5.72. The van der Waals surface area contributed by atoms with Gasteiger partial charge in [0.05, 0.1) is 24.2 Å². The Bertz CT molecular complexity index is 295. The summed E-state index contributed by atoms with van der Waals surface area (Å²) in [5.41, 5.74) is -2.38. The van der Waals surface area contributed by atoms with E-state index in [2.05, 4.69) is 0 Å². The number of carbonyl (C=O) groups is 1. The molecule has 0 aliphatic carbocycles. The van der Waals surface area contributed by atoms with Gasteiger partial charge in [0, 0.05) is 6.42 Å². The lowest BCUT2D eigenvalue weighted by atomic mass is 9.74. The minimum Gasteiger partial charge on any atom is -0.469 e. The Labute approximate surface area is 96.9 Å². The average Bonchev–Trinajstić information content (AvgIpc) is 2.28. The van der Waals surface area contributed by atoms with Gasteiger partial charge in [-0.2, -0.15) is 0 Å². The largest absolute Gasteiger partial charge is 0.469 e. The molecule has 1 aliphatic heterocycles. The highest BCUT2D eigenvalue weighted by Gasteiger charge is 2.60. The molecule has 0 aromatic rings. The fourth-order valence-corrected chi connectivity index (χ4v) is 2.72. The van der Waals surface area contributed by atoms with Crippen LogP contribution in [0.3, 0.4) is 0 Å². The van der Waals surface area contributed by atoms with Gasteiger partial charge >= 0.3 is 5.97 Å².